The lowest BCUT2D eigenvalue weighted by Crippen LogP contribution is -1.84. The largest absolute Gasteiger partial charge is 0.306 e. The van der Waals surface area contributed by atoms with Gasteiger partial charge in [0.2, 0.25) is 0 Å². The van der Waals surface area contributed by atoms with Crippen molar-refractivity contribution >= 4 is 32.5 Å². The summed E-state index contributed by atoms with van der Waals surface area (Å²) in [5.41, 5.74) is -0.0844. The van der Waals surface area contributed by atoms with Gasteiger partial charge in [0.25, 0.3) is 0 Å². The van der Waals surface area contributed by atoms with Crippen LogP contribution < -0.4 is 0 Å². The average molecular weight is 287 g/mol. The molecule has 0 aliphatic carbocycles. The smallest absolute Gasteiger partial charge is 0.200 e. The SMILES string of the molecule is FC(F)=C(F)c1cccc2c(Br)cccc12. The van der Waals surface area contributed by atoms with Crippen LogP contribution in [0.25, 0.3) is 16.6 Å². The van der Waals surface area contributed by atoms with E-state index in [-0.39, 0.29) is 5.56 Å². The van der Waals surface area contributed by atoms with Crippen LogP contribution in [0.1, 0.15) is 5.56 Å². The summed E-state index contributed by atoms with van der Waals surface area (Å²) >= 11 is 3.29. The average Bonchev–Trinajstić information content (AvgIpc) is 2.28. The van der Waals surface area contributed by atoms with Crippen LogP contribution in [0.2, 0.25) is 0 Å². The highest BCUT2D eigenvalue weighted by molar-refractivity contribution is 9.10. The predicted octanol–water partition coefficient (Wildman–Crippen LogP) is 5.14. The molecule has 0 saturated heterocycles. The number of fused-ring (bicyclic) bond motifs is 1. The molecule has 2 rings (SSSR count). The van der Waals surface area contributed by atoms with Crippen molar-refractivity contribution in [3.63, 3.8) is 0 Å². The Morgan fingerprint density at radius 3 is 2.19 bits per heavy atom. The molecule has 82 valence electrons. The van der Waals surface area contributed by atoms with Gasteiger partial charge in [-0.05, 0) is 16.8 Å². The van der Waals surface area contributed by atoms with Crippen LogP contribution in [0.5, 0.6) is 0 Å². The van der Waals surface area contributed by atoms with E-state index >= 15 is 0 Å². The van der Waals surface area contributed by atoms with Crippen molar-refractivity contribution in [3.05, 3.63) is 52.5 Å². The topological polar surface area (TPSA) is 0 Å². The molecule has 0 unspecified atom stereocenters. The molecule has 0 nitrogen and oxygen atoms in total. The minimum absolute atomic E-state index is 0.0844. The molecular weight excluding hydrogens is 281 g/mol. The first-order valence-electron chi connectivity index (χ1n) is 4.49. The van der Waals surface area contributed by atoms with Crippen LogP contribution in [0, 0.1) is 0 Å². The zero-order valence-corrected chi connectivity index (χ0v) is 9.56. The van der Waals surface area contributed by atoms with E-state index in [1.165, 1.54) is 6.07 Å². The minimum Gasteiger partial charge on any atom is -0.200 e. The zero-order chi connectivity index (χ0) is 11.7. The Kier molecular flexibility index (Phi) is 3.01. The highest BCUT2D eigenvalue weighted by Gasteiger charge is 2.12. The molecule has 0 N–H and O–H groups in total. The third-order valence-corrected chi connectivity index (χ3v) is 2.96. The van der Waals surface area contributed by atoms with E-state index in [9.17, 15) is 13.2 Å². The van der Waals surface area contributed by atoms with Gasteiger partial charge in [0.1, 0.15) is 0 Å². The quantitative estimate of drug-likeness (QED) is 0.681. The van der Waals surface area contributed by atoms with Gasteiger partial charge in [0, 0.05) is 10.0 Å². The first-order chi connectivity index (χ1) is 7.61. The van der Waals surface area contributed by atoms with Gasteiger partial charge in [-0.1, -0.05) is 46.3 Å². The predicted molar refractivity (Wildman–Crippen MR) is 61.9 cm³/mol. The van der Waals surface area contributed by atoms with Crippen molar-refractivity contribution in [3.8, 4) is 0 Å². The van der Waals surface area contributed by atoms with E-state index in [1.807, 2.05) is 0 Å². The lowest BCUT2D eigenvalue weighted by Gasteiger charge is -2.05. The molecule has 0 amide bonds. The van der Waals surface area contributed by atoms with E-state index in [0.717, 1.165) is 4.47 Å². The van der Waals surface area contributed by atoms with Crippen LogP contribution in [-0.2, 0) is 0 Å². The summed E-state index contributed by atoms with van der Waals surface area (Å²) in [6.45, 7) is 0. The van der Waals surface area contributed by atoms with Crippen LogP contribution >= 0.6 is 15.9 Å². The van der Waals surface area contributed by atoms with Gasteiger partial charge < -0.3 is 0 Å². The lowest BCUT2D eigenvalue weighted by atomic mass is 10.0. The van der Waals surface area contributed by atoms with Crippen LogP contribution in [0.3, 0.4) is 0 Å². The normalized spacial score (nSPS) is 10.5. The van der Waals surface area contributed by atoms with E-state index in [1.54, 1.807) is 30.3 Å². The Morgan fingerprint density at radius 1 is 0.875 bits per heavy atom. The van der Waals surface area contributed by atoms with Gasteiger partial charge in [-0.3, -0.25) is 0 Å². The molecule has 0 radical (unpaired) electrons. The molecule has 0 aliphatic heterocycles. The van der Waals surface area contributed by atoms with Crippen molar-refractivity contribution in [1.29, 1.82) is 0 Å². The summed E-state index contributed by atoms with van der Waals surface area (Å²) in [5, 5.41) is 1.17. The third-order valence-electron chi connectivity index (χ3n) is 2.27. The van der Waals surface area contributed by atoms with Crippen molar-refractivity contribution in [2.24, 2.45) is 0 Å². The Hall–Kier alpha value is -1.29. The molecule has 2 aromatic carbocycles. The number of hydrogen-bond acceptors (Lipinski definition) is 0. The molecule has 2 aromatic rings. The third kappa shape index (κ3) is 1.85. The molecule has 0 bridgehead atoms. The number of hydrogen-bond donors (Lipinski definition) is 0. The van der Waals surface area contributed by atoms with Gasteiger partial charge in [-0.25, -0.2) is 4.39 Å². The second-order valence-corrected chi connectivity index (χ2v) is 4.07. The zero-order valence-electron chi connectivity index (χ0n) is 7.98. The summed E-state index contributed by atoms with van der Waals surface area (Å²) in [6, 6.07) is 9.69. The Balaban J connectivity index is 2.83. The highest BCUT2D eigenvalue weighted by atomic mass is 79.9. The van der Waals surface area contributed by atoms with Crippen LogP contribution in [-0.4, -0.2) is 0 Å². The molecular formula is C12H6BrF3. The second kappa shape index (κ2) is 4.29. The van der Waals surface area contributed by atoms with Crippen molar-refractivity contribution in [2.45, 2.75) is 0 Å². The molecule has 0 atom stereocenters. The highest BCUT2D eigenvalue weighted by Crippen LogP contribution is 2.32. The maximum atomic E-state index is 13.2. The molecule has 16 heavy (non-hydrogen) atoms. The molecule has 0 spiro atoms. The maximum Gasteiger partial charge on any atom is 0.306 e. The summed E-state index contributed by atoms with van der Waals surface area (Å²) in [5.74, 6) is -1.47. The maximum absolute atomic E-state index is 13.2. The second-order valence-electron chi connectivity index (χ2n) is 3.21. The van der Waals surface area contributed by atoms with E-state index in [0.29, 0.717) is 10.8 Å². The van der Waals surface area contributed by atoms with Gasteiger partial charge in [-0.15, -0.1) is 0 Å². The minimum atomic E-state index is -2.30. The fourth-order valence-corrected chi connectivity index (χ4v) is 2.06. The van der Waals surface area contributed by atoms with E-state index in [4.69, 9.17) is 0 Å². The number of halogens is 4. The first-order valence-corrected chi connectivity index (χ1v) is 5.29. The molecule has 0 fully saturated rings. The Labute approximate surface area is 98.5 Å². The van der Waals surface area contributed by atoms with Crippen molar-refractivity contribution in [2.75, 3.05) is 0 Å². The number of benzene rings is 2. The summed E-state index contributed by atoms with van der Waals surface area (Å²) in [4.78, 5) is 0. The summed E-state index contributed by atoms with van der Waals surface area (Å²) in [6.07, 6.45) is -2.30. The van der Waals surface area contributed by atoms with E-state index in [2.05, 4.69) is 15.9 Å². The fourth-order valence-electron chi connectivity index (χ4n) is 1.56. The molecule has 0 aromatic heterocycles. The Morgan fingerprint density at radius 2 is 1.50 bits per heavy atom. The van der Waals surface area contributed by atoms with Gasteiger partial charge in [0.15, 0.2) is 5.83 Å². The molecule has 0 saturated carbocycles. The van der Waals surface area contributed by atoms with Crippen molar-refractivity contribution < 1.29 is 13.2 Å². The van der Waals surface area contributed by atoms with Gasteiger partial charge >= 0.3 is 6.08 Å². The first kappa shape index (κ1) is 11.2. The van der Waals surface area contributed by atoms with Crippen LogP contribution in [0.15, 0.2) is 47.0 Å². The lowest BCUT2D eigenvalue weighted by molar-refractivity contribution is 0.410. The summed E-state index contributed by atoms with van der Waals surface area (Å²) < 4.78 is 38.5. The Bertz CT molecular complexity index is 571. The van der Waals surface area contributed by atoms with Gasteiger partial charge in [0.05, 0.1) is 0 Å². The van der Waals surface area contributed by atoms with Gasteiger partial charge in [-0.2, -0.15) is 8.78 Å². The molecule has 4 heteroatoms. The van der Waals surface area contributed by atoms with Crippen molar-refractivity contribution in [1.82, 2.24) is 0 Å². The molecule has 0 heterocycles. The monoisotopic (exact) mass is 286 g/mol. The van der Waals surface area contributed by atoms with E-state index < -0.39 is 11.9 Å². The number of rotatable bonds is 1. The van der Waals surface area contributed by atoms with Crippen LogP contribution in [0.4, 0.5) is 13.2 Å². The standard InChI is InChI=1S/C12H6BrF3/c13-10-6-2-3-7-8(10)4-1-5-9(7)11(14)12(15)16/h1-6H. The summed E-state index contributed by atoms with van der Waals surface area (Å²) in [7, 11) is 0. The fraction of sp³-hybridized carbons (Fsp3) is 0. The molecule has 0 aliphatic rings.